The van der Waals surface area contributed by atoms with Crippen LogP contribution in [-0.2, 0) is 10.5 Å². The normalized spacial score (nSPS) is 10.4. The Balaban J connectivity index is 1.78. The highest BCUT2D eigenvalue weighted by Crippen LogP contribution is 2.18. The van der Waals surface area contributed by atoms with Gasteiger partial charge in [0, 0.05) is 23.1 Å². The summed E-state index contributed by atoms with van der Waals surface area (Å²) in [6, 6.07) is 7.55. The Kier molecular flexibility index (Phi) is 5.78. The van der Waals surface area contributed by atoms with Crippen LogP contribution in [0.15, 0.2) is 29.6 Å². The maximum absolute atomic E-state index is 11.8. The van der Waals surface area contributed by atoms with Crippen LogP contribution in [0.1, 0.15) is 23.0 Å². The average Bonchev–Trinajstić information content (AvgIpc) is 2.87. The molecule has 0 saturated heterocycles. The molecule has 1 aromatic carbocycles. The van der Waals surface area contributed by atoms with Crippen LogP contribution in [0, 0.1) is 0 Å². The number of benzene rings is 1. The fourth-order valence-corrected chi connectivity index (χ4v) is 3.29. The minimum atomic E-state index is -0.133. The minimum Gasteiger partial charge on any atom is -0.301 e. The lowest BCUT2D eigenvalue weighted by molar-refractivity contribution is -0.113. The summed E-state index contributed by atoms with van der Waals surface area (Å²) in [6.07, 6.45) is 0. The van der Waals surface area contributed by atoms with Gasteiger partial charge in [-0.2, -0.15) is 0 Å². The first kappa shape index (κ1) is 16.0. The molecule has 0 atom stereocenters. The molecule has 0 radical (unpaired) electrons. The van der Waals surface area contributed by atoms with E-state index in [1.165, 1.54) is 30.0 Å². The number of Topliss-reactive ketones (excluding diaryl/α,β-unsaturated/α-hetero) is 1. The van der Waals surface area contributed by atoms with Crippen LogP contribution < -0.4 is 5.32 Å². The molecular formula is C14H13ClN2O2S2. The largest absolute Gasteiger partial charge is 0.301 e. The summed E-state index contributed by atoms with van der Waals surface area (Å²) in [6.45, 7) is 1.45. The Labute approximate surface area is 135 Å². The van der Waals surface area contributed by atoms with Crippen LogP contribution in [0.5, 0.6) is 0 Å². The van der Waals surface area contributed by atoms with Gasteiger partial charge in [-0.25, -0.2) is 4.98 Å². The third-order valence-electron chi connectivity index (χ3n) is 2.50. The molecule has 4 nitrogen and oxygen atoms in total. The van der Waals surface area contributed by atoms with Crippen LogP contribution in [0.3, 0.4) is 0 Å². The molecule has 0 bridgehead atoms. The second-order valence-corrected chi connectivity index (χ2v) is 6.55. The van der Waals surface area contributed by atoms with Crippen molar-refractivity contribution in [1.29, 1.82) is 0 Å². The molecule has 1 aromatic heterocycles. The van der Waals surface area contributed by atoms with Gasteiger partial charge >= 0.3 is 0 Å². The Bertz CT molecular complexity index is 658. The third kappa shape index (κ3) is 5.15. The van der Waals surface area contributed by atoms with E-state index in [9.17, 15) is 9.59 Å². The Morgan fingerprint density at radius 3 is 2.90 bits per heavy atom. The van der Waals surface area contributed by atoms with Crippen molar-refractivity contribution in [2.45, 2.75) is 12.7 Å². The number of anilines is 1. The van der Waals surface area contributed by atoms with Gasteiger partial charge < -0.3 is 5.32 Å². The van der Waals surface area contributed by atoms with E-state index >= 15 is 0 Å². The van der Waals surface area contributed by atoms with Crippen LogP contribution in [0.25, 0.3) is 0 Å². The smallest absolute Gasteiger partial charge is 0.236 e. The van der Waals surface area contributed by atoms with Crippen LogP contribution in [-0.4, -0.2) is 22.4 Å². The standard InChI is InChI=1S/C14H13ClN2O2S2/c1-9(18)12-7-21-14(16-12)17-13(19)8-20-6-10-3-2-4-11(15)5-10/h2-5,7H,6,8H2,1H3,(H,16,17,19). The highest BCUT2D eigenvalue weighted by molar-refractivity contribution is 7.99. The fourth-order valence-electron chi connectivity index (χ4n) is 1.54. The number of nitrogens with zero attached hydrogens (tertiary/aromatic N) is 1. The van der Waals surface area contributed by atoms with Gasteiger partial charge in [0.2, 0.25) is 5.91 Å². The molecule has 0 aliphatic heterocycles. The SMILES string of the molecule is CC(=O)c1csc(NC(=O)CSCc2cccc(Cl)c2)n1. The molecule has 1 amide bonds. The van der Waals surface area contributed by atoms with Gasteiger partial charge in [-0.15, -0.1) is 23.1 Å². The van der Waals surface area contributed by atoms with Crippen molar-refractivity contribution in [2.75, 3.05) is 11.1 Å². The first-order valence-corrected chi connectivity index (χ1v) is 8.54. The number of ketones is 1. The summed E-state index contributed by atoms with van der Waals surface area (Å²) in [5.41, 5.74) is 1.45. The second kappa shape index (κ2) is 7.59. The van der Waals surface area contributed by atoms with Crippen LogP contribution in [0.2, 0.25) is 5.02 Å². The highest BCUT2D eigenvalue weighted by atomic mass is 35.5. The monoisotopic (exact) mass is 340 g/mol. The molecule has 0 spiro atoms. The molecule has 110 valence electrons. The summed E-state index contributed by atoms with van der Waals surface area (Å²) >= 11 is 8.64. The first-order chi connectivity index (χ1) is 10.0. The molecule has 2 rings (SSSR count). The average molecular weight is 341 g/mol. The van der Waals surface area contributed by atoms with E-state index in [1.54, 1.807) is 5.38 Å². The number of carbonyl (C=O) groups is 2. The molecule has 0 saturated carbocycles. The highest BCUT2D eigenvalue weighted by Gasteiger charge is 2.09. The molecule has 0 aliphatic rings. The number of halogens is 1. The number of nitrogens with one attached hydrogen (secondary N) is 1. The van der Waals surface area contributed by atoms with Crippen molar-refractivity contribution in [3.63, 3.8) is 0 Å². The van der Waals surface area contributed by atoms with E-state index in [-0.39, 0.29) is 11.7 Å². The zero-order valence-electron chi connectivity index (χ0n) is 11.3. The van der Waals surface area contributed by atoms with Crippen LogP contribution in [0.4, 0.5) is 5.13 Å². The quantitative estimate of drug-likeness (QED) is 0.811. The van der Waals surface area contributed by atoms with Crippen molar-refractivity contribution < 1.29 is 9.59 Å². The molecule has 21 heavy (non-hydrogen) atoms. The van der Waals surface area contributed by atoms with E-state index in [0.717, 1.165) is 5.56 Å². The van der Waals surface area contributed by atoms with E-state index in [1.807, 2.05) is 24.3 Å². The predicted molar refractivity (Wildman–Crippen MR) is 88.4 cm³/mol. The predicted octanol–water partition coefficient (Wildman–Crippen LogP) is 3.87. The molecule has 1 heterocycles. The number of carbonyl (C=O) groups excluding carboxylic acids is 2. The van der Waals surface area contributed by atoms with Crippen molar-refractivity contribution in [3.05, 3.63) is 45.9 Å². The summed E-state index contributed by atoms with van der Waals surface area (Å²) in [5.74, 6) is 0.792. The van der Waals surface area contributed by atoms with E-state index in [2.05, 4.69) is 10.3 Å². The van der Waals surface area contributed by atoms with Crippen LogP contribution >= 0.6 is 34.7 Å². The number of thioether (sulfide) groups is 1. The first-order valence-electron chi connectivity index (χ1n) is 6.13. The molecular weight excluding hydrogens is 328 g/mol. The number of aromatic nitrogens is 1. The lowest BCUT2D eigenvalue weighted by atomic mass is 10.2. The molecule has 1 N–H and O–H groups in total. The fraction of sp³-hybridized carbons (Fsp3) is 0.214. The minimum absolute atomic E-state index is 0.109. The van der Waals surface area contributed by atoms with Gasteiger partial charge in [0.15, 0.2) is 10.9 Å². The molecule has 0 unspecified atom stereocenters. The Morgan fingerprint density at radius 2 is 2.24 bits per heavy atom. The Morgan fingerprint density at radius 1 is 1.43 bits per heavy atom. The van der Waals surface area contributed by atoms with Gasteiger partial charge in [-0.05, 0) is 17.7 Å². The van der Waals surface area contributed by atoms with E-state index < -0.39 is 0 Å². The van der Waals surface area contributed by atoms with Gasteiger partial charge in [-0.1, -0.05) is 23.7 Å². The number of rotatable bonds is 6. The molecule has 0 fully saturated rings. The number of amides is 1. The van der Waals surface area contributed by atoms with E-state index in [0.29, 0.717) is 27.4 Å². The summed E-state index contributed by atoms with van der Waals surface area (Å²) in [4.78, 5) is 26.9. The third-order valence-corrected chi connectivity index (χ3v) is 4.50. The topological polar surface area (TPSA) is 59.1 Å². The summed E-state index contributed by atoms with van der Waals surface area (Å²) in [5, 5.41) is 5.46. The number of hydrogen-bond donors (Lipinski definition) is 1. The van der Waals surface area contributed by atoms with E-state index in [4.69, 9.17) is 11.6 Å². The lowest BCUT2D eigenvalue weighted by Crippen LogP contribution is -2.14. The van der Waals surface area contributed by atoms with Crippen molar-refractivity contribution in [1.82, 2.24) is 4.98 Å². The molecule has 0 aliphatic carbocycles. The lowest BCUT2D eigenvalue weighted by Gasteiger charge is -2.03. The summed E-state index contributed by atoms with van der Waals surface area (Å²) < 4.78 is 0. The molecule has 2 aromatic rings. The zero-order valence-corrected chi connectivity index (χ0v) is 13.6. The Hall–Kier alpha value is -1.37. The van der Waals surface area contributed by atoms with Gasteiger partial charge in [0.1, 0.15) is 5.69 Å². The number of thiazole rings is 1. The van der Waals surface area contributed by atoms with Crippen molar-refractivity contribution in [3.8, 4) is 0 Å². The zero-order chi connectivity index (χ0) is 15.2. The van der Waals surface area contributed by atoms with Crippen molar-refractivity contribution in [2.24, 2.45) is 0 Å². The van der Waals surface area contributed by atoms with Gasteiger partial charge in [0.05, 0.1) is 5.75 Å². The number of hydrogen-bond acceptors (Lipinski definition) is 5. The molecule has 7 heteroatoms. The van der Waals surface area contributed by atoms with Gasteiger partial charge in [0.25, 0.3) is 0 Å². The van der Waals surface area contributed by atoms with Gasteiger partial charge in [-0.3, -0.25) is 9.59 Å². The summed E-state index contributed by atoms with van der Waals surface area (Å²) in [7, 11) is 0. The van der Waals surface area contributed by atoms with Crippen molar-refractivity contribution >= 4 is 51.5 Å². The maximum atomic E-state index is 11.8. The maximum Gasteiger partial charge on any atom is 0.236 e. The second-order valence-electron chi connectivity index (χ2n) is 4.26.